The third-order valence-electron chi connectivity index (χ3n) is 3.16. The van der Waals surface area contributed by atoms with Crippen LogP contribution >= 0.6 is 11.3 Å². The number of aryl methyl sites for hydroxylation is 1. The van der Waals surface area contributed by atoms with Crippen molar-refractivity contribution < 1.29 is 0 Å². The van der Waals surface area contributed by atoms with Crippen molar-refractivity contribution in [3.05, 3.63) is 57.8 Å². The van der Waals surface area contributed by atoms with Crippen molar-refractivity contribution in [1.29, 1.82) is 0 Å². The molecule has 0 spiro atoms. The first-order valence-corrected chi connectivity index (χ1v) is 7.05. The zero-order valence-corrected chi connectivity index (χ0v) is 11.3. The average molecular weight is 245 g/mol. The van der Waals surface area contributed by atoms with Crippen LogP contribution in [0.5, 0.6) is 0 Å². The van der Waals surface area contributed by atoms with Crippen molar-refractivity contribution in [2.24, 2.45) is 0 Å². The van der Waals surface area contributed by atoms with Crippen LogP contribution in [0.3, 0.4) is 0 Å². The van der Waals surface area contributed by atoms with E-state index in [1.165, 1.54) is 16.7 Å². The van der Waals surface area contributed by atoms with Crippen molar-refractivity contribution in [2.75, 3.05) is 7.05 Å². The van der Waals surface area contributed by atoms with Crippen LogP contribution in [0.15, 0.2) is 41.1 Å². The Balaban J connectivity index is 2.11. The van der Waals surface area contributed by atoms with Crippen molar-refractivity contribution in [1.82, 2.24) is 5.32 Å². The molecule has 2 heteroatoms. The maximum Gasteiger partial charge on any atom is 0.0358 e. The van der Waals surface area contributed by atoms with Gasteiger partial charge in [-0.1, -0.05) is 31.2 Å². The number of thiophene rings is 1. The molecule has 0 saturated heterocycles. The SMILES string of the molecule is CCc1ccc(C(Cc2ccsc2)NC)cc1. The van der Waals surface area contributed by atoms with Gasteiger partial charge in [0.15, 0.2) is 0 Å². The molecule has 0 aliphatic carbocycles. The molecule has 0 saturated carbocycles. The molecule has 1 heterocycles. The summed E-state index contributed by atoms with van der Waals surface area (Å²) in [4.78, 5) is 0. The fraction of sp³-hybridized carbons (Fsp3) is 0.333. The van der Waals surface area contributed by atoms with Gasteiger partial charge < -0.3 is 5.32 Å². The van der Waals surface area contributed by atoms with Crippen LogP contribution < -0.4 is 5.32 Å². The second-order valence-electron chi connectivity index (χ2n) is 4.27. The van der Waals surface area contributed by atoms with Crippen molar-refractivity contribution in [2.45, 2.75) is 25.8 Å². The minimum Gasteiger partial charge on any atom is -0.313 e. The molecule has 1 aromatic carbocycles. The van der Waals surface area contributed by atoms with E-state index in [-0.39, 0.29) is 0 Å². The zero-order chi connectivity index (χ0) is 12.1. The molecular formula is C15H19NS. The van der Waals surface area contributed by atoms with E-state index in [1.54, 1.807) is 11.3 Å². The molecule has 90 valence electrons. The van der Waals surface area contributed by atoms with E-state index in [2.05, 4.69) is 53.3 Å². The monoisotopic (exact) mass is 245 g/mol. The standard InChI is InChI=1S/C15H19NS/c1-3-12-4-6-14(7-5-12)15(16-2)10-13-8-9-17-11-13/h4-9,11,15-16H,3,10H2,1-2H3. The Bertz CT molecular complexity index is 430. The molecular weight excluding hydrogens is 226 g/mol. The molecule has 0 amide bonds. The Morgan fingerprint density at radius 3 is 2.41 bits per heavy atom. The lowest BCUT2D eigenvalue weighted by atomic mass is 9.99. The summed E-state index contributed by atoms with van der Waals surface area (Å²) < 4.78 is 0. The minimum absolute atomic E-state index is 0.413. The van der Waals surface area contributed by atoms with Gasteiger partial charge in [-0.15, -0.1) is 0 Å². The lowest BCUT2D eigenvalue weighted by Gasteiger charge is -2.16. The van der Waals surface area contributed by atoms with Crippen LogP contribution in [-0.4, -0.2) is 7.05 Å². The third-order valence-corrected chi connectivity index (χ3v) is 3.89. The summed E-state index contributed by atoms with van der Waals surface area (Å²) in [5, 5.41) is 7.77. The van der Waals surface area contributed by atoms with Gasteiger partial charge in [-0.3, -0.25) is 0 Å². The van der Waals surface area contributed by atoms with Crippen molar-refractivity contribution in [3.8, 4) is 0 Å². The number of likely N-dealkylation sites (N-methyl/N-ethyl adjacent to an activating group) is 1. The van der Waals surface area contributed by atoms with Gasteiger partial charge in [0.2, 0.25) is 0 Å². The Hall–Kier alpha value is -1.12. The van der Waals surface area contributed by atoms with Crippen LogP contribution in [0.4, 0.5) is 0 Å². The molecule has 2 rings (SSSR count). The largest absolute Gasteiger partial charge is 0.313 e. The summed E-state index contributed by atoms with van der Waals surface area (Å²) in [6.45, 7) is 2.19. The summed E-state index contributed by atoms with van der Waals surface area (Å²) in [5.74, 6) is 0. The first-order valence-electron chi connectivity index (χ1n) is 6.10. The summed E-state index contributed by atoms with van der Waals surface area (Å²) in [6.07, 6.45) is 2.17. The highest BCUT2D eigenvalue weighted by Gasteiger charge is 2.09. The molecule has 0 fully saturated rings. The fourth-order valence-electron chi connectivity index (χ4n) is 2.02. The van der Waals surface area contributed by atoms with E-state index < -0.39 is 0 Å². The summed E-state index contributed by atoms with van der Waals surface area (Å²) >= 11 is 1.77. The highest BCUT2D eigenvalue weighted by molar-refractivity contribution is 7.07. The quantitative estimate of drug-likeness (QED) is 0.844. The summed E-state index contributed by atoms with van der Waals surface area (Å²) in [7, 11) is 2.03. The van der Waals surface area contributed by atoms with Crippen LogP contribution in [0, 0.1) is 0 Å². The van der Waals surface area contributed by atoms with E-state index in [9.17, 15) is 0 Å². The Morgan fingerprint density at radius 1 is 1.12 bits per heavy atom. The lowest BCUT2D eigenvalue weighted by molar-refractivity contribution is 0.593. The van der Waals surface area contributed by atoms with Gasteiger partial charge in [0, 0.05) is 6.04 Å². The zero-order valence-electron chi connectivity index (χ0n) is 10.4. The lowest BCUT2D eigenvalue weighted by Crippen LogP contribution is -2.18. The average Bonchev–Trinajstić information content (AvgIpc) is 2.89. The number of hydrogen-bond donors (Lipinski definition) is 1. The number of rotatable bonds is 5. The highest BCUT2D eigenvalue weighted by Crippen LogP contribution is 2.20. The fourth-order valence-corrected chi connectivity index (χ4v) is 2.70. The normalized spacial score (nSPS) is 12.6. The topological polar surface area (TPSA) is 12.0 Å². The molecule has 1 unspecified atom stereocenters. The molecule has 0 aliphatic heterocycles. The molecule has 1 N–H and O–H groups in total. The molecule has 2 aromatic rings. The van der Waals surface area contributed by atoms with Gasteiger partial charge in [-0.25, -0.2) is 0 Å². The predicted octanol–water partition coefficient (Wildman–Crippen LogP) is 3.81. The molecule has 17 heavy (non-hydrogen) atoms. The van der Waals surface area contributed by atoms with Crippen LogP contribution in [-0.2, 0) is 12.8 Å². The smallest absolute Gasteiger partial charge is 0.0358 e. The van der Waals surface area contributed by atoms with E-state index in [1.807, 2.05) is 7.05 Å². The van der Waals surface area contributed by atoms with Crippen molar-refractivity contribution in [3.63, 3.8) is 0 Å². The molecule has 1 aromatic heterocycles. The summed E-state index contributed by atoms with van der Waals surface area (Å²) in [5.41, 5.74) is 4.18. The van der Waals surface area contributed by atoms with Gasteiger partial charge in [0.1, 0.15) is 0 Å². The van der Waals surface area contributed by atoms with E-state index >= 15 is 0 Å². The van der Waals surface area contributed by atoms with Gasteiger partial charge in [0.05, 0.1) is 0 Å². The number of benzene rings is 1. The second-order valence-corrected chi connectivity index (χ2v) is 5.05. The predicted molar refractivity (Wildman–Crippen MR) is 75.6 cm³/mol. The molecule has 1 atom stereocenters. The van der Waals surface area contributed by atoms with E-state index in [0.29, 0.717) is 6.04 Å². The van der Waals surface area contributed by atoms with Gasteiger partial charge in [-0.05, 0) is 53.4 Å². The third kappa shape index (κ3) is 3.18. The Morgan fingerprint density at radius 2 is 1.88 bits per heavy atom. The first kappa shape index (κ1) is 12.3. The first-order chi connectivity index (χ1) is 8.33. The number of hydrogen-bond acceptors (Lipinski definition) is 2. The van der Waals surface area contributed by atoms with Crippen molar-refractivity contribution >= 4 is 11.3 Å². The second kappa shape index (κ2) is 5.99. The molecule has 0 bridgehead atoms. The van der Waals surface area contributed by atoms with Gasteiger partial charge >= 0.3 is 0 Å². The Labute approximate surface area is 108 Å². The van der Waals surface area contributed by atoms with Crippen LogP contribution in [0.1, 0.15) is 29.7 Å². The van der Waals surface area contributed by atoms with Crippen LogP contribution in [0.2, 0.25) is 0 Å². The van der Waals surface area contributed by atoms with Gasteiger partial charge in [0.25, 0.3) is 0 Å². The molecule has 0 aliphatic rings. The summed E-state index contributed by atoms with van der Waals surface area (Å²) in [6, 6.07) is 11.6. The number of nitrogens with one attached hydrogen (secondary N) is 1. The van der Waals surface area contributed by atoms with E-state index in [0.717, 1.165) is 12.8 Å². The van der Waals surface area contributed by atoms with Gasteiger partial charge in [-0.2, -0.15) is 11.3 Å². The van der Waals surface area contributed by atoms with E-state index in [4.69, 9.17) is 0 Å². The highest BCUT2D eigenvalue weighted by atomic mass is 32.1. The minimum atomic E-state index is 0.413. The molecule has 1 nitrogen and oxygen atoms in total. The van der Waals surface area contributed by atoms with Crippen LogP contribution in [0.25, 0.3) is 0 Å². The maximum atomic E-state index is 3.40. The molecule has 0 radical (unpaired) electrons. The Kier molecular flexibility index (Phi) is 4.35. The maximum absolute atomic E-state index is 3.40.